The van der Waals surface area contributed by atoms with Crippen LogP contribution in [0.2, 0.25) is 0 Å². The molecule has 4 heteroatoms. The van der Waals surface area contributed by atoms with Crippen molar-refractivity contribution in [2.24, 2.45) is 0 Å². The van der Waals surface area contributed by atoms with Gasteiger partial charge in [-0.25, -0.2) is 0 Å². The van der Waals surface area contributed by atoms with E-state index in [4.69, 9.17) is 0 Å². The molecular formula is C7H14ClN3. The quantitative estimate of drug-likeness (QED) is 0.709. The molecule has 0 radical (unpaired) electrons. The van der Waals surface area contributed by atoms with Crippen LogP contribution in [0.3, 0.4) is 0 Å². The van der Waals surface area contributed by atoms with Gasteiger partial charge < -0.3 is 5.32 Å². The van der Waals surface area contributed by atoms with Gasteiger partial charge in [0.1, 0.15) is 0 Å². The molecule has 2 N–H and O–H groups in total. The monoisotopic (exact) mass is 175 g/mol. The molecule has 0 aliphatic heterocycles. The maximum absolute atomic E-state index is 4.07. The number of halogens is 1. The van der Waals surface area contributed by atoms with Crippen molar-refractivity contribution >= 4 is 12.4 Å². The largest absolute Gasteiger partial charge is 0.316 e. The minimum Gasteiger partial charge on any atom is -0.316 e. The number of H-pyrrole nitrogens is 1. The number of nitrogens with zero attached hydrogens (tertiary/aromatic N) is 1. The molecule has 0 unspecified atom stereocenters. The van der Waals surface area contributed by atoms with Crippen LogP contribution in [0.1, 0.15) is 17.0 Å². The molecule has 3 nitrogen and oxygen atoms in total. The molecule has 0 saturated carbocycles. The van der Waals surface area contributed by atoms with Crippen molar-refractivity contribution < 1.29 is 0 Å². The lowest BCUT2D eigenvalue weighted by Crippen LogP contribution is -2.06. The fourth-order valence-corrected chi connectivity index (χ4v) is 1.01. The maximum atomic E-state index is 4.07. The van der Waals surface area contributed by atoms with E-state index in [1.165, 1.54) is 5.56 Å². The van der Waals surface area contributed by atoms with Crippen LogP contribution in [-0.4, -0.2) is 17.2 Å². The Bertz CT molecular complexity index is 200. The number of aryl methyl sites for hydroxylation is 2. The molecule has 64 valence electrons. The van der Waals surface area contributed by atoms with Crippen LogP contribution in [-0.2, 0) is 6.54 Å². The van der Waals surface area contributed by atoms with Gasteiger partial charge in [0.15, 0.2) is 0 Å². The molecule has 0 aliphatic rings. The first kappa shape index (κ1) is 10.5. The van der Waals surface area contributed by atoms with Crippen molar-refractivity contribution in [2.45, 2.75) is 20.4 Å². The fourth-order valence-electron chi connectivity index (χ4n) is 1.01. The third-order valence-electron chi connectivity index (χ3n) is 1.63. The zero-order valence-electron chi connectivity index (χ0n) is 7.06. The average molecular weight is 176 g/mol. The lowest BCUT2D eigenvalue weighted by molar-refractivity contribution is 0.807. The van der Waals surface area contributed by atoms with Crippen molar-refractivity contribution in [1.29, 1.82) is 0 Å². The predicted molar refractivity (Wildman–Crippen MR) is 48.1 cm³/mol. The van der Waals surface area contributed by atoms with E-state index in [0.717, 1.165) is 17.9 Å². The summed E-state index contributed by atoms with van der Waals surface area (Å²) in [4.78, 5) is 0. The molecule has 0 spiro atoms. The molecule has 1 heterocycles. The number of aromatic amines is 1. The van der Waals surface area contributed by atoms with E-state index < -0.39 is 0 Å². The van der Waals surface area contributed by atoms with Crippen molar-refractivity contribution in [1.82, 2.24) is 15.5 Å². The Hall–Kier alpha value is -0.540. The van der Waals surface area contributed by atoms with Gasteiger partial charge in [-0.3, -0.25) is 5.10 Å². The maximum Gasteiger partial charge on any atom is 0.0638 e. The van der Waals surface area contributed by atoms with Gasteiger partial charge >= 0.3 is 0 Å². The summed E-state index contributed by atoms with van der Waals surface area (Å²) < 4.78 is 0. The lowest BCUT2D eigenvalue weighted by atomic mass is 10.2. The highest BCUT2D eigenvalue weighted by Crippen LogP contribution is 2.07. The van der Waals surface area contributed by atoms with E-state index in [0.29, 0.717) is 0 Å². The Morgan fingerprint density at radius 3 is 2.45 bits per heavy atom. The molecule has 0 amide bonds. The molecule has 0 aliphatic carbocycles. The van der Waals surface area contributed by atoms with E-state index in [9.17, 15) is 0 Å². The van der Waals surface area contributed by atoms with Crippen LogP contribution < -0.4 is 5.32 Å². The van der Waals surface area contributed by atoms with E-state index >= 15 is 0 Å². The minimum absolute atomic E-state index is 0. The van der Waals surface area contributed by atoms with Gasteiger partial charge in [-0.15, -0.1) is 12.4 Å². The van der Waals surface area contributed by atoms with Crippen molar-refractivity contribution in [2.75, 3.05) is 7.05 Å². The van der Waals surface area contributed by atoms with Gasteiger partial charge in [0.25, 0.3) is 0 Å². The Balaban J connectivity index is 0.000001000. The first-order valence-electron chi connectivity index (χ1n) is 3.40. The van der Waals surface area contributed by atoms with Crippen LogP contribution in [0.25, 0.3) is 0 Å². The number of hydrogen-bond acceptors (Lipinski definition) is 2. The standard InChI is InChI=1S/C7H13N3.ClH/c1-5-7(4-8-3)6(2)10-9-5;/h8H,4H2,1-3H3,(H,9,10);1H. The van der Waals surface area contributed by atoms with Crippen LogP contribution in [0.4, 0.5) is 0 Å². The summed E-state index contributed by atoms with van der Waals surface area (Å²) in [5.74, 6) is 0. The number of nitrogens with one attached hydrogen (secondary N) is 2. The van der Waals surface area contributed by atoms with E-state index in [-0.39, 0.29) is 12.4 Å². The Labute approximate surface area is 73.0 Å². The highest BCUT2D eigenvalue weighted by Gasteiger charge is 2.02. The summed E-state index contributed by atoms with van der Waals surface area (Å²) in [6.45, 7) is 4.94. The molecule has 1 aromatic rings. The fraction of sp³-hybridized carbons (Fsp3) is 0.571. The third-order valence-corrected chi connectivity index (χ3v) is 1.63. The zero-order valence-corrected chi connectivity index (χ0v) is 7.88. The summed E-state index contributed by atoms with van der Waals surface area (Å²) in [5, 5.41) is 10.1. The second-order valence-electron chi connectivity index (χ2n) is 2.44. The molecule has 1 aromatic heterocycles. The lowest BCUT2D eigenvalue weighted by Gasteiger charge is -1.97. The normalized spacial score (nSPS) is 9.36. The van der Waals surface area contributed by atoms with Gasteiger partial charge in [0, 0.05) is 17.8 Å². The van der Waals surface area contributed by atoms with E-state index in [2.05, 4.69) is 15.5 Å². The average Bonchev–Trinajstić information content (AvgIpc) is 2.20. The summed E-state index contributed by atoms with van der Waals surface area (Å²) in [7, 11) is 1.94. The Kier molecular flexibility index (Phi) is 4.15. The van der Waals surface area contributed by atoms with Crippen LogP contribution in [0.5, 0.6) is 0 Å². The number of aromatic nitrogens is 2. The summed E-state index contributed by atoms with van der Waals surface area (Å²) in [6, 6.07) is 0. The number of hydrogen-bond donors (Lipinski definition) is 2. The highest BCUT2D eigenvalue weighted by atomic mass is 35.5. The van der Waals surface area contributed by atoms with Gasteiger partial charge in [-0.1, -0.05) is 0 Å². The van der Waals surface area contributed by atoms with Crippen LogP contribution >= 0.6 is 12.4 Å². The first-order valence-corrected chi connectivity index (χ1v) is 3.40. The molecule has 0 bridgehead atoms. The molecule has 1 rings (SSSR count). The second-order valence-corrected chi connectivity index (χ2v) is 2.44. The second kappa shape index (κ2) is 4.36. The number of rotatable bonds is 2. The molecule has 11 heavy (non-hydrogen) atoms. The van der Waals surface area contributed by atoms with Gasteiger partial charge in [0.2, 0.25) is 0 Å². The molecule has 0 fully saturated rings. The van der Waals surface area contributed by atoms with Crippen LogP contribution in [0, 0.1) is 13.8 Å². The van der Waals surface area contributed by atoms with E-state index in [1.807, 2.05) is 20.9 Å². The SMILES string of the molecule is CNCc1c(C)n[nH]c1C.Cl. The predicted octanol–water partition coefficient (Wildman–Crippen LogP) is 1.17. The van der Waals surface area contributed by atoms with E-state index in [1.54, 1.807) is 0 Å². The molecule has 0 atom stereocenters. The summed E-state index contributed by atoms with van der Waals surface area (Å²) >= 11 is 0. The summed E-state index contributed by atoms with van der Waals surface area (Å²) in [5.41, 5.74) is 3.53. The minimum atomic E-state index is 0. The van der Waals surface area contributed by atoms with Crippen molar-refractivity contribution in [3.63, 3.8) is 0 Å². The highest BCUT2D eigenvalue weighted by molar-refractivity contribution is 5.85. The third kappa shape index (κ3) is 2.20. The van der Waals surface area contributed by atoms with Gasteiger partial charge in [-0.2, -0.15) is 5.10 Å². The van der Waals surface area contributed by atoms with Gasteiger partial charge in [-0.05, 0) is 20.9 Å². The molecule has 0 saturated heterocycles. The Morgan fingerprint density at radius 2 is 2.09 bits per heavy atom. The van der Waals surface area contributed by atoms with Crippen molar-refractivity contribution in [3.8, 4) is 0 Å². The Morgan fingerprint density at radius 1 is 1.45 bits per heavy atom. The molecule has 0 aromatic carbocycles. The molecular weight excluding hydrogens is 162 g/mol. The first-order chi connectivity index (χ1) is 4.75. The smallest absolute Gasteiger partial charge is 0.0638 e. The van der Waals surface area contributed by atoms with Crippen molar-refractivity contribution in [3.05, 3.63) is 17.0 Å². The topological polar surface area (TPSA) is 40.7 Å². The summed E-state index contributed by atoms with van der Waals surface area (Å²) in [6.07, 6.45) is 0. The zero-order chi connectivity index (χ0) is 7.56. The van der Waals surface area contributed by atoms with Gasteiger partial charge in [0.05, 0.1) is 5.69 Å². The van der Waals surface area contributed by atoms with Crippen LogP contribution in [0.15, 0.2) is 0 Å².